The van der Waals surface area contributed by atoms with Crippen molar-refractivity contribution in [1.29, 1.82) is 0 Å². The van der Waals surface area contributed by atoms with Gasteiger partial charge in [0.1, 0.15) is 0 Å². The monoisotopic (exact) mass is 167 g/mol. The molecule has 2 heteroatoms. The highest BCUT2D eigenvalue weighted by atomic mass is 16.3. The zero-order valence-electron chi connectivity index (χ0n) is 7.53. The van der Waals surface area contributed by atoms with Crippen molar-refractivity contribution in [2.24, 2.45) is 0 Å². The summed E-state index contributed by atoms with van der Waals surface area (Å²) < 4.78 is 0. The molecular weight excluding hydrogens is 150 g/mol. The van der Waals surface area contributed by atoms with Crippen LogP contribution in [0.2, 0.25) is 0 Å². The highest BCUT2D eigenvalue weighted by molar-refractivity contribution is 5.15. The topological polar surface area (TPSA) is 55.2 Å². The lowest BCUT2D eigenvalue weighted by Crippen LogP contribution is -2.07. The Morgan fingerprint density at radius 3 is 2.33 bits per heavy atom. The molecule has 0 saturated heterocycles. The first-order valence-electron chi connectivity index (χ1n) is 4.05. The molecule has 0 saturated carbocycles. The second-order valence-electron chi connectivity index (χ2n) is 2.75. The van der Waals surface area contributed by atoms with Crippen molar-refractivity contribution >= 4 is 0 Å². The fraction of sp³-hybridized carbons (Fsp3) is 0.400. The molecular formula is C10H17NO. The average molecular weight is 167 g/mol. The van der Waals surface area contributed by atoms with E-state index in [-0.39, 0.29) is 12.3 Å². The lowest BCUT2D eigenvalue weighted by molar-refractivity contribution is 0.171. The average Bonchev–Trinajstić information content (AvgIpc) is 2.06. The minimum absolute atomic E-state index is 0. The first-order valence-corrected chi connectivity index (χ1v) is 4.05. The molecule has 0 fully saturated rings. The minimum atomic E-state index is -0.183. The van der Waals surface area contributed by atoms with Crippen molar-refractivity contribution in [3.63, 3.8) is 0 Å². The van der Waals surface area contributed by atoms with Crippen molar-refractivity contribution in [1.82, 2.24) is 6.15 Å². The van der Waals surface area contributed by atoms with Crippen LogP contribution in [0.1, 0.15) is 18.9 Å². The maximum absolute atomic E-state index is 9.31. The molecule has 0 radical (unpaired) electrons. The Hall–Kier alpha value is -0.860. The van der Waals surface area contributed by atoms with E-state index in [2.05, 4.69) is 0 Å². The molecule has 12 heavy (non-hydrogen) atoms. The Morgan fingerprint density at radius 1 is 1.25 bits per heavy atom. The fourth-order valence-electron chi connectivity index (χ4n) is 1.03. The molecule has 2 nitrogen and oxygen atoms in total. The second kappa shape index (κ2) is 5.75. The summed E-state index contributed by atoms with van der Waals surface area (Å²) in [5, 5.41) is 9.31. The zero-order valence-corrected chi connectivity index (χ0v) is 7.53. The highest BCUT2D eigenvalue weighted by Gasteiger charge is 2.00. The lowest BCUT2D eigenvalue weighted by Gasteiger charge is -2.06. The minimum Gasteiger partial charge on any atom is -0.393 e. The van der Waals surface area contributed by atoms with Crippen LogP contribution in [-0.4, -0.2) is 11.2 Å². The van der Waals surface area contributed by atoms with Gasteiger partial charge in [0, 0.05) is 0 Å². The van der Waals surface area contributed by atoms with Crippen molar-refractivity contribution in [3.8, 4) is 0 Å². The number of rotatable bonds is 3. The van der Waals surface area contributed by atoms with Gasteiger partial charge in [-0.3, -0.25) is 0 Å². The largest absolute Gasteiger partial charge is 0.393 e. The highest BCUT2D eigenvalue weighted by Crippen LogP contribution is 2.04. The second-order valence-corrected chi connectivity index (χ2v) is 2.75. The molecule has 0 bridgehead atoms. The molecule has 0 aliphatic carbocycles. The molecule has 0 aliphatic heterocycles. The van der Waals surface area contributed by atoms with Crippen LogP contribution < -0.4 is 6.15 Å². The van der Waals surface area contributed by atoms with Gasteiger partial charge in [0.05, 0.1) is 6.10 Å². The number of benzene rings is 1. The van der Waals surface area contributed by atoms with Crippen molar-refractivity contribution < 1.29 is 5.11 Å². The number of aliphatic hydroxyl groups is 1. The Kier molecular flexibility index (Phi) is 5.34. The Morgan fingerprint density at radius 2 is 1.83 bits per heavy atom. The maximum Gasteiger partial charge on any atom is 0.0577 e. The first-order chi connectivity index (χ1) is 5.33. The van der Waals surface area contributed by atoms with Gasteiger partial charge in [-0.15, -0.1) is 0 Å². The molecule has 0 heterocycles. The zero-order chi connectivity index (χ0) is 8.10. The summed E-state index contributed by atoms with van der Waals surface area (Å²) in [6.07, 6.45) is 1.42. The standard InChI is InChI=1S/C10H14O.H3N/c1-2-10(11)8-9-6-4-3-5-7-9;/h3-7,10-11H,2,8H2,1H3;1H3. The summed E-state index contributed by atoms with van der Waals surface area (Å²) >= 11 is 0. The summed E-state index contributed by atoms with van der Waals surface area (Å²) in [6.45, 7) is 1.99. The van der Waals surface area contributed by atoms with Crippen LogP contribution in [0, 0.1) is 0 Å². The third kappa shape index (κ3) is 3.51. The molecule has 1 aromatic carbocycles. The third-order valence-electron chi connectivity index (χ3n) is 1.79. The fourth-order valence-corrected chi connectivity index (χ4v) is 1.03. The number of hydrogen-bond acceptors (Lipinski definition) is 2. The van der Waals surface area contributed by atoms with E-state index in [1.165, 1.54) is 5.56 Å². The van der Waals surface area contributed by atoms with E-state index < -0.39 is 0 Å². The molecule has 0 amide bonds. The molecule has 68 valence electrons. The van der Waals surface area contributed by atoms with Crippen molar-refractivity contribution in [2.45, 2.75) is 25.9 Å². The maximum atomic E-state index is 9.31. The third-order valence-corrected chi connectivity index (χ3v) is 1.79. The molecule has 1 unspecified atom stereocenters. The van der Waals surface area contributed by atoms with Gasteiger partial charge in [-0.2, -0.15) is 0 Å². The summed E-state index contributed by atoms with van der Waals surface area (Å²) in [5.74, 6) is 0. The van der Waals surface area contributed by atoms with E-state index in [1.807, 2.05) is 37.3 Å². The Labute approximate surface area is 73.8 Å². The van der Waals surface area contributed by atoms with Crippen LogP contribution in [0.3, 0.4) is 0 Å². The summed E-state index contributed by atoms with van der Waals surface area (Å²) in [7, 11) is 0. The molecule has 0 aromatic heterocycles. The van der Waals surface area contributed by atoms with E-state index in [0.717, 1.165) is 12.8 Å². The molecule has 0 aliphatic rings. The van der Waals surface area contributed by atoms with E-state index in [1.54, 1.807) is 0 Å². The molecule has 4 N–H and O–H groups in total. The molecule has 1 aromatic rings. The van der Waals surface area contributed by atoms with Crippen LogP contribution in [0.25, 0.3) is 0 Å². The van der Waals surface area contributed by atoms with Crippen LogP contribution in [-0.2, 0) is 6.42 Å². The summed E-state index contributed by atoms with van der Waals surface area (Å²) in [6, 6.07) is 10.1. The van der Waals surface area contributed by atoms with Crippen molar-refractivity contribution in [3.05, 3.63) is 35.9 Å². The normalized spacial score (nSPS) is 11.8. The molecule has 0 spiro atoms. The van der Waals surface area contributed by atoms with Gasteiger partial charge in [0.15, 0.2) is 0 Å². The van der Waals surface area contributed by atoms with E-state index in [9.17, 15) is 5.11 Å². The SMILES string of the molecule is CCC(O)Cc1ccccc1.N. The first kappa shape index (κ1) is 11.1. The summed E-state index contributed by atoms with van der Waals surface area (Å²) in [5.41, 5.74) is 1.21. The van der Waals surface area contributed by atoms with Gasteiger partial charge < -0.3 is 11.3 Å². The van der Waals surface area contributed by atoms with Crippen molar-refractivity contribution in [2.75, 3.05) is 0 Å². The molecule has 1 rings (SSSR count). The quantitative estimate of drug-likeness (QED) is 0.724. The van der Waals surface area contributed by atoms with E-state index in [0.29, 0.717) is 0 Å². The van der Waals surface area contributed by atoms with Gasteiger partial charge in [0.2, 0.25) is 0 Å². The molecule has 1 atom stereocenters. The van der Waals surface area contributed by atoms with Gasteiger partial charge >= 0.3 is 0 Å². The van der Waals surface area contributed by atoms with Gasteiger partial charge in [-0.05, 0) is 18.4 Å². The van der Waals surface area contributed by atoms with E-state index >= 15 is 0 Å². The van der Waals surface area contributed by atoms with Crippen LogP contribution in [0.5, 0.6) is 0 Å². The van der Waals surface area contributed by atoms with Crippen LogP contribution in [0.4, 0.5) is 0 Å². The Balaban J connectivity index is 0.00000121. The number of aliphatic hydroxyl groups excluding tert-OH is 1. The van der Waals surface area contributed by atoms with Gasteiger partial charge in [-0.25, -0.2) is 0 Å². The van der Waals surface area contributed by atoms with Crippen LogP contribution >= 0.6 is 0 Å². The van der Waals surface area contributed by atoms with Crippen LogP contribution in [0.15, 0.2) is 30.3 Å². The van der Waals surface area contributed by atoms with Gasteiger partial charge in [-0.1, -0.05) is 37.3 Å². The predicted molar refractivity (Wildman–Crippen MR) is 51.5 cm³/mol. The predicted octanol–water partition coefficient (Wildman–Crippen LogP) is 2.16. The Bertz CT molecular complexity index is 198. The lowest BCUT2D eigenvalue weighted by atomic mass is 10.1. The van der Waals surface area contributed by atoms with Gasteiger partial charge in [0.25, 0.3) is 0 Å². The number of hydrogen-bond donors (Lipinski definition) is 2. The summed E-state index contributed by atoms with van der Waals surface area (Å²) in [4.78, 5) is 0. The smallest absolute Gasteiger partial charge is 0.0577 e. The van der Waals surface area contributed by atoms with E-state index in [4.69, 9.17) is 0 Å².